The summed E-state index contributed by atoms with van der Waals surface area (Å²) in [5.41, 5.74) is 0.964. The molecule has 1 fully saturated rings. The molecule has 1 saturated heterocycles. The largest absolute Gasteiger partial charge is 0.459 e. The van der Waals surface area contributed by atoms with Crippen molar-refractivity contribution in [1.29, 1.82) is 0 Å². The fraction of sp³-hybridized carbons (Fsp3) is 0.529. The Labute approximate surface area is 231 Å². The number of hydrogen-bond donors (Lipinski definition) is 0. The van der Waals surface area contributed by atoms with Crippen LogP contribution in [0.2, 0.25) is 6.32 Å². The molecule has 1 aliphatic heterocycles. The van der Waals surface area contributed by atoms with E-state index in [9.17, 15) is 0 Å². The first kappa shape index (κ1) is 28.7. The number of hydrogen-bond acceptors (Lipinski definition) is 2. The van der Waals surface area contributed by atoms with E-state index in [2.05, 4.69) is 147 Å². The van der Waals surface area contributed by atoms with Gasteiger partial charge in [-0.3, -0.25) is 0 Å². The van der Waals surface area contributed by atoms with E-state index in [0.29, 0.717) is 11.8 Å². The van der Waals surface area contributed by atoms with Gasteiger partial charge in [0.05, 0.1) is 11.2 Å². The Bertz CT molecular complexity index is 1230. The van der Waals surface area contributed by atoms with Crippen LogP contribution < -0.4 is 0 Å². The highest BCUT2D eigenvalue weighted by Gasteiger charge is 2.66. The van der Waals surface area contributed by atoms with Crippen LogP contribution in [-0.4, -0.2) is 22.9 Å². The van der Waals surface area contributed by atoms with Crippen LogP contribution in [0.3, 0.4) is 0 Å². The number of nitrogens with zero attached hydrogens (tertiary/aromatic N) is 1. The Morgan fingerprint density at radius 1 is 0.737 bits per heavy atom. The first-order valence-corrected chi connectivity index (χ1v) is 14.4. The van der Waals surface area contributed by atoms with Gasteiger partial charge in [0.1, 0.15) is 0 Å². The number of aryl methyl sites for hydroxylation is 1. The maximum atomic E-state index is 7.06. The Morgan fingerprint density at radius 3 is 1.53 bits per heavy atom. The zero-order valence-electron chi connectivity index (χ0n) is 25.3. The van der Waals surface area contributed by atoms with Crippen LogP contribution in [0.15, 0.2) is 72.8 Å². The third kappa shape index (κ3) is 4.91. The van der Waals surface area contributed by atoms with Gasteiger partial charge in [-0.25, -0.2) is 0 Å². The molecule has 2 aromatic carbocycles. The summed E-state index contributed by atoms with van der Waals surface area (Å²) in [6.07, 6.45) is 10.1. The van der Waals surface area contributed by atoms with Gasteiger partial charge in [-0.15, -0.1) is 0 Å². The van der Waals surface area contributed by atoms with Gasteiger partial charge in [0.2, 0.25) is 0 Å². The number of aromatic nitrogens is 1. The molecule has 4 heteroatoms. The van der Waals surface area contributed by atoms with Crippen molar-refractivity contribution in [3.63, 3.8) is 0 Å². The maximum Gasteiger partial charge on any atom is 0.459 e. The smallest absolute Gasteiger partial charge is 0.402 e. The molecule has 0 spiro atoms. The summed E-state index contributed by atoms with van der Waals surface area (Å²) in [5.74, 6) is 0.956. The van der Waals surface area contributed by atoms with Crippen LogP contribution in [-0.2, 0) is 15.9 Å². The van der Waals surface area contributed by atoms with Crippen molar-refractivity contribution >= 4 is 28.9 Å². The molecule has 0 unspecified atom stereocenters. The molecule has 3 aromatic rings. The molecule has 0 bridgehead atoms. The summed E-state index contributed by atoms with van der Waals surface area (Å²) >= 11 is 0. The molecule has 1 aromatic heterocycles. The minimum absolute atomic E-state index is 0.240. The van der Waals surface area contributed by atoms with Gasteiger partial charge >= 0.3 is 7.12 Å². The Hall–Kier alpha value is -2.30. The van der Waals surface area contributed by atoms with Crippen LogP contribution in [0.5, 0.6) is 0 Å². The Kier molecular flexibility index (Phi) is 7.82. The van der Waals surface area contributed by atoms with Crippen molar-refractivity contribution < 1.29 is 9.31 Å². The summed E-state index contributed by atoms with van der Waals surface area (Å²) in [6.45, 7) is 23.5. The van der Waals surface area contributed by atoms with Gasteiger partial charge in [0.25, 0.3) is 0 Å². The molecule has 38 heavy (non-hydrogen) atoms. The zero-order chi connectivity index (χ0) is 27.9. The SMILES string of the molecule is CC(C)/C=C/C(C)(C)[C@]1(C)OB(CCn2c3ccccc3c3ccccc32)O[C@@]1(C)C(C)(C)/C=C/C(C)C. The minimum atomic E-state index is -0.540. The quantitative estimate of drug-likeness (QED) is 0.210. The van der Waals surface area contributed by atoms with Gasteiger partial charge in [0, 0.05) is 45.5 Å². The maximum absolute atomic E-state index is 7.06. The van der Waals surface area contributed by atoms with Gasteiger partial charge in [0.15, 0.2) is 0 Å². The number of allylic oxidation sites excluding steroid dienone is 2. The first-order chi connectivity index (χ1) is 17.7. The van der Waals surface area contributed by atoms with Crippen LogP contribution in [0.1, 0.15) is 69.2 Å². The number of rotatable bonds is 9. The predicted octanol–water partition coefficient (Wildman–Crippen LogP) is 9.32. The summed E-state index contributed by atoms with van der Waals surface area (Å²) in [4.78, 5) is 0. The molecule has 1 aliphatic rings. The second-order valence-corrected chi connectivity index (χ2v) is 13.4. The van der Waals surface area contributed by atoms with Crippen molar-refractivity contribution in [2.24, 2.45) is 22.7 Å². The van der Waals surface area contributed by atoms with Crippen LogP contribution >= 0.6 is 0 Å². The summed E-state index contributed by atoms with van der Waals surface area (Å²) in [5, 5.41) is 2.59. The molecular formula is C34H48BNO2. The highest BCUT2D eigenvalue weighted by molar-refractivity contribution is 6.45. The average molecular weight is 514 g/mol. The number of para-hydroxylation sites is 2. The molecule has 0 N–H and O–H groups in total. The van der Waals surface area contributed by atoms with Crippen molar-refractivity contribution in [2.45, 2.75) is 93.3 Å². The van der Waals surface area contributed by atoms with Crippen molar-refractivity contribution in [2.75, 3.05) is 0 Å². The topological polar surface area (TPSA) is 23.4 Å². The lowest BCUT2D eigenvalue weighted by Gasteiger charge is -2.54. The van der Waals surface area contributed by atoms with Crippen molar-refractivity contribution in [3.8, 4) is 0 Å². The second kappa shape index (κ2) is 10.4. The molecule has 204 valence electrons. The van der Waals surface area contributed by atoms with E-state index >= 15 is 0 Å². The van der Waals surface area contributed by atoms with Gasteiger partial charge in [-0.1, -0.05) is 116 Å². The van der Waals surface area contributed by atoms with Gasteiger partial charge < -0.3 is 13.9 Å². The number of fused-ring (bicyclic) bond motifs is 3. The zero-order valence-corrected chi connectivity index (χ0v) is 25.3. The summed E-state index contributed by atoms with van der Waals surface area (Å²) in [6, 6.07) is 17.4. The fourth-order valence-corrected chi connectivity index (χ4v) is 6.09. The Morgan fingerprint density at radius 2 is 1.13 bits per heavy atom. The number of benzene rings is 2. The second-order valence-electron chi connectivity index (χ2n) is 13.4. The van der Waals surface area contributed by atoms with E-state index in [1.807, 2.05) is 0 Å². The van der Waals surface area contributed by atoms with Gasteiger partial charge in [-0.2, -0.15) is 0 Å². The molecule has 0 saturated carbocycles. The lowest BCUT2D eigenvalue weighted by molar-refractivity contribution is -0.129. The van der Waals surface area contributed by atoms with E-state index in [1.165, 1.54) is 21.8 Å². The van der Waals surface area contributed by atoms with Crippen LogP contribution in [0.25, 0.3) is 21.8 Å². The van der Waals surface area contributed by atoms with E-state index < -0.39 is 11.2 Å². The average Bonchev–Trinajstić information content (AvgIpc) is 3.33. The van der Waals surface area contributed by atoms with E-state index in [-0.39, 0.29) is 17.9 Å². The molecule has 0 amide bonds. The lowest BCUT2D eigenvalue weighted by atomic mass is 9.58. The highest BCUT2D eigenvalue weighted by atomic mass is 16.7. The monoisotopic (exact) mass is 513 g/mol. The predicted molar refractivity (Wildman–Crippen MR) is 165 cm³/mol. The first-order valence-electron chi connectivity index (χ1n) is 14.4. The molecule has 0 aliphatic carbocycles. The Balaban J connectivity index is 1.71. The normalized spacial score (nSPS) is 23.4. The minimum Gasteiger partial charge on any atom is -0.402 e. The third-order valence-electron chi connectivity index (χ3n) is 9.17. The molecule has 2 heterocycles. The summed E-state index contributed by atoms with van der Waals surface area (Å²) < 4.78 is 16.5. The van der Waals surface area contributed by atoms with Crippen molar-refractivity contribution in [3.05, 3.63) is 72.8 Å². The molecule has 0 radical (unpaired) electrons. The molecule has 3 nitrogen and oxygen atoms in total. The van der Waals surface area contributed by atoms with Crippen LogP contribution in [0.4, 0.5) is 0 Å². The van der Waals surface area contributed by atoms with Crippen molar-refractivity contribution in [1.82, 2.24) is 4.57 Å². The van der Waals surface area contributed by atoms with E-state index in [0.717, 1.165) is 12.9 Å². The molecule has 4 rings (SSSR count). The van der Waals surface area contributed by atoms with Crippen LogP contribution in [0, 0.1) is 22.7 Å². The third-order valence-corrected chi connectivity index (χ3v) is 9.17. The van der Waals surface area contributed by atoms with Gasteiger partial charge in [-0.05, 0) is 37.8 Å². The molecule has 2 atom stereocenters. The summed E-state index contributed by atoms with van der Waals surface area (Å²) in [7, 11) is -0.302. The highest BCUT2D eigenvalue weighted by Crippen LogP contribution is 2.57. The van der Waals surface area contributed by atoms with E-state index in [1.54, 1.807) is 0 Å². The fourth-order valence-electron chi connectivity index (χ4n) is 6.09. The lowest BCUT2D eigenvalue weighted by Crippen LogP contribution is -2.62. The van der Waals surface area contributed by atoms with E-state index in [4.69, 9.17) is 9.31 Å². The standard InChI is InChI=1S/C34H48BNO2/c1-25(2)19-21-31(5,6)33(9)34(10,32(7,8)22-20-26(3)4)38-35(37-33)23-24-36-29-17-13-11-15-27(29)28-16-12-14-18-30(28)36/h11-22,25-26H,23-24H2,1-10H3/b21-19+,22-20+/t33-,34-/m0/s1. The molecular weight excluding hydrogens is 465 g/mol.